The number of hydrogen-bond donors (Lipinski definition) is 2. The maximum Gasteiger partial charge on any atom is 0.211 e. The Labute approximate surface area is 269 Å². The molecule has 2 aliphatic rings. The van der Waals surface area contributed by atoms with Crippen LogP contribution >= 0.6 is 38.5 Å². The molecule has 2 N–H and O–H groups in total. The first-order valence-electron chi connectivity index (χ1n) is 14.5. The SMILES string of the molecule is Cc1[nH]c2ccc(CI)cc2c1C1CCN(CC(O)Cn2nc(-c3ccc(Br)cc3)c3c2CCN(S(C)(=O)=O)C3)CC1. The molecule has 2 aliphatic heterocycles. The number of fused-ring (bicyclic) bond motifs is 2. The van der Waals surface area contributed by atoms with Gasteiger partial charge in [0.05, 0.1) is 24.6 Å². The Balaban J connectivity index is 1.15. The molecule has 224 valence electrons. The largest absolute Gasteiger partial charge is 0.390 e. The van der Waals surface area contributed by atoms with Crippen molar-refractivity contribution >= 4 is 59.4 Å². The fourth-order valence-electron chi connectivity index (χ4n) is 6.70. The van der Waals surface area contributed by atoms with Crippen molar-refractivity contribution in [3.8, 4) is 11.3 Å². The molecule has 4 aromatic rings. The smallest absolute Gasteiger partial charge is 0.211 e. The zero-order valence-corrected chi connectivity index (χ0v) is 28.5. The fourth-order valence-corrected chi connectivity index (χ4v) is 8.23. The van der Waals surface area contributed by atoms with Gasteiger partial charge in [-0.25, -0.2) is 8.42 Å². The zero-order valence-electron chi connectivity index (χ0n) is 24.0. The predicted octanol–water partition coefficient (Wildman–Crippen LogP) is 5.60. The van der Waals surface area contributed by atoms with E-state index in [9.17, 15) is 13.5 Å². The highest BCUT2D eigenvalue weighted by molar-refractivity contribution is 14.1. The average Bonchev–Trinajstić information content (AvgIpc) is 3.49. The summed E-state index contributed by atoms with van der Waals surface area (Å²) in [5.74, 6) is 0.515. The molecule has 1 atom stereocenters. The van der Waals surface area contributed by atoms with Gasteiger partial charge in [-0.05, 0) is 74.2 Å². The highest BCUT2D eigenvalue weighted by Gasteiger charge is 2.31. The highest BCUT2D eigenvalue weighted by Crippen LogP contribution is 2.37. The second kappa shape index (κ2) is 12.3. The monoisotopic (exact) mass is 765 g/mol. The molecule has 1 unspecified atom stereocenters. The van der Waals surface area contributed by atoms with E-state index in [-0.39, 0.29) is 0 Å². The Hall–Kier alpha value is -1.77. The molecule has 2 aromatic heterocycles. The number of aromatic nitrogens is 3. The van der Waals surface area contributed by atoms with E-state index < -0.39 is 16.1 Å². The van der Waals surface area contributed by atoms with Gasteiger partial charge in [-0.2, -0.15) is 9.40 Å². The van der Waals surface area contributed by atoms with Gasteiger partial charge in [-0.1, -0.05) is 56.7 Å². The van der Waals surface area contributed by atoms with Crippen LogP contribution in [0.15, 0.2) is 46.9 Å². The lowest BCUT2D eigenvalue weighted by Crippen LogP contribution is -2.40. The molecule has 1 saturated heterocycles. The molecule has 0 radical (unpaired) electrons. The summed E-state index contributed by atoms with van der Waals surface area (Å²) in [5, 5.41) is 17.5. The van der Waals surface area contributed by atoms with Crippen LogP contribution in [0.3, 0.4) is 0 Å². The maximum atomic E-state index is 12.3. The minimum absolute atomic E-state index is 0.301. The minimum Gasteiger partial charge on any atom is -0.390 e. The average molecular weight is 767 g/mol. The first-order chi connectivity index (χ1) is 20.1. The number of aliphatic hydroxyl groups excluding tert-OH is 1. The normalized spacial score (nSPS) is 18.0. The summed E-state index contributed by atoms with van der Waals surface area (Å²) in [7, 11) is -3.32. The zero-order chi connectivity index (χ0) is 29.6. The van der Waals surface area contributed by atoms with Crippen LogP contribution in [0, 0.1) is 6.92 Å². The quantitative estimate of drug-likeness (QED) is 0.180. The number of piperidine rings is 1. The Morgan fingerprint density at radius 1 is 1.12 bits per heavy atom. The Kier molecular flexibility index (Phi) is 8.87. The molecule has 6 rings (SSSR count). The number of aliphatic hydroxyl groups is 1. The molecular formula is C31H37BrIN5O3S. The number of hydrogen-bond acceptors (Lipinski definition) is 5. The second-order valence-corrected chi connectivity index (χ2v) is 15.4. The summed E-state index contributed by atoms with van der Waals surface area (Å²) in [6.45, 7) is 5.80. The highest BCUT2D eigenvalue weighted by atomic mass is 127. The molecule has 11 heteroatoms. The number of nitrogens with one attached hydrogen (secondary N) is 1. The van der Waals surface area contributed by atoms with Crippen molar-refractivity contribution in [2.45, 2.75) is 55.7 Å². The van der Waals surface area contributed by atoms with Gasteiger partial charge in [0.15, 0.2) is 0 Å². The summed E-state index contributed by atoms with van der Waals surface area (Å²) in [5.41, 5.74) is 9.00. The van der Waals surface area contributed by atoms with Crippen molar-refractivity contribution in [1.82, 2.24) is 24.0 Å². The fraction of sp³-hybridized carbons (Fsp3) is 0.452. The van der Waals surface area contributed by atoms with Crippen molar-refractivity contribution in [2.24, 2.45) is 0 Å². The van der Waals surface area contributed by atoms with Crippen LogP contribution in [0.1, 0.15) is 46.8 Å². The second-order valence-electron chi connectivity index (χ2n) is 11.7. The van der Waals surface area contributed by atoms with Crippen LogP contribution in [0.5, 0.6) is 0 Å². The van der Waals surface area contributed by atoms with Crippen LogP contribution in [-0.2, 0) is 34.0 Å². The van der Waals surface area contributed by atoms with Crippen LogP contribution in [0.2, 0.25) is 0 Å². The van der Waals surface area contributed by atoms with E-state index >= 15 is 0 Å². The summed E-state index contributed by atoms with van der Waals surface area (Å²) in [6.07, 6.45) is 3.41. The number of aryl methyl sites for hydroxylation is 1. The van der Waals surface area contributed by atoms with Crippen LogP contribution in [-0.4, -0.2) is 76.0 Å². The van der Waals surface area contributed by atoms with Gasteiger partial charge in [0.2, 0.25) is 10.0 Å². The third-order valence-corrected chi connectivity index (χ3v) is 11.4. The number of nitrogens with zero attached hydrogens (tertiary/aromatic N) is 4. The van der Waals surface area contributed by atoms with Crippen molar-refractivity contribution in [2.75, 3.05) is 32.4 Å². The van der Waals surface area contributed by atoms with Gasteiger partial charge in [-0.15, -0.1) is 0 Å². The number of benzene rings is 2. The van der Waals surface area contributed by atoms with Crippen molar-refractivity contribution in [3.63, 3.8) is 0 Å². The summed E-state index contributed by atoms with van der Waals surface area (Å²) in [6, 6.07) is 14.7. The molecule has 0 amide bonds. The molecule has 0 spiro atoms. The minimum atomic E-state index is -3.32. The molecule has 0 bridgehead atoms. The van der Waals surface area contributed by atoms with Gasteiger partial charge in [-0.3, -0.25) is 4.68 Å². The van der Waals surface area contributed by atoms with E-state index in [2.05, 4.69) is 73.5 Å². The van der Waals surface area contributed by atoms with Gasteiger partial charge < -0.3 is 15.0 Å². The van der Waals surface area contributed by atoms with Crippen LogP contribution in [0.4, 0.5) is 0 Å². The van der Waals surface area contributed by atoms with Gasteiger partial charge in [0.1, 0.15) is 0 Å². The van der Waals surface area contributed by atoms with Gasteiger partial charge in [0, 0.05) is 68.4 Å². The molecule has 1 fully saturated rings. The maximum absolute atomic E-state index is 12.3. The third-order valence-electron chi connectivity index (χ3n) is 8.79. The molecular weight excluding hydrogens is 729 g/mol. The Bertz CT molecular complexity index is 1690. The van der Waals surface area contributed by atoms with Crippen molar-refractivity contribution in [3.05, 3.63) is 75.0 Å². The number of aromatic amines is 1. The number of H-pyrrole nitrogens is 1. The number of likely N-dealkylation sites (tertiary alicyclic amines) is 1. The van der Waals surface area contributed by atoms with Crippen LogP contribution < -0.4 is 0 Å². The molecule has 2 aromatic carbocycles. The van der Waals surface area contributed by atoms with E-state index in [1.54, 1.807) is 0 Å². The Morgan fingerprint density at radius 3 is 2.55 bits per heavy atom. The molecule has 4 heterocycles. The first kappa shape index (κ1) is 30.3. The summed E-state index contributed by atoms with van der Waals surface area (Å²) < 4.78 is 30.1. The van der Waals surface area contributed by atoms with Crippen molar-refractivity contribution < 1.29 is 13.5 Å². The number of β-amino-alcohol motifs (C(OH)–C–C–N with tert-alkyl or cyclic N) is 1. The predicted molar refractivity (Wildman–Crippen MR) is 180 cm³/mol. The van der Waals surface area contributed by atoms with E-state index in [4.69, 9.17) is 5.10 Å². The lowest BCUT2D eigenvalue weighted by Gasteiger charge is -2.33. The molecule has 0 saturated carbocycles. The lowest BCUT2D eigenvalue weighted by atomic mass is 9.87. The molecule has 8 nitrogen and oxygen atoms in total. The van der Waals surface area contributed by atoms with E-state index in [1.807, 2.05) is 28.9 Å². The van der Waals surface area contributed by atoms with Crippen molar-refractivity contribution in [1.29, 1.82) is 0 Å². The van der Waals surface area contributed by atoms with Gasteiger partial charge >= 0.3 is 0 Å². The van der Waals surface area contributed by atoms with Crippen LogP contribution in [0.25, 0.3) is 22.2 Å². The van der Waals surface area contributed by atoms with E-state index in [0.29, 0.717) is 38.5 Å². The Morgan fingerprint density at radius 2 is 1.86 bits per heavy atom. The number of sulfonamides is 1. The lowest BCUT2D eigenvalue weighted by molar-refractivity contribution is 0.0815. The third kappa shape index (κ3) is 6.23. The number of alkyl halides is 1. The van der Waals surface area contributed by atoms with Gasteiger partial charge in [0.25, 0.3) is 0 Å². The topological polar surface area (TPSA) is 94.5 Å². The standard InChI is InChI=1S/C31H37BrIN5O3S/c1-20-30(26-15-21(16-33)3-8-28(26)34-20)22-9-12-36(13-10-22)17-25(39)18-38-29-11-14-37(42(2,40)41)19-27(29)31(35-38)23-4-6-24(32)7-5-23/h3-8,15,22,25,34,39H,9-14,16-19H2,1-2H3. The molecule has 0 aliphatic carbocycles. The summed E-state index contributed by atoms with van der Waals surface area (Å²) >= 11 is 5.92. The van der Waals surface area contributed by atoms with E-state index in [0.717, 1.165) is 57.3 Å². The number of halogens is 2. The van der Waals surface area contributed by atoms with E-state index in [1.165, 1.54) is 38.3 Å². The first-order valence-corrected chi connectivity index (χ1v) is 18.6. The summed E-state index contributed by atoms with van der Waals surface area (Å²) in [4.78, 5) is 5.97. The number of rotatable bonds is 8. The molecule has 42 heavy (non-hydrogen) atoms.